The number of hydrogen-bond acceptors (Lipinski definition) is 2. The van der Waals surface area contributed by atoms with Gasteiger partial charge in [-0.3, -0.25) is 4.79 Å². The molecule has 1 amide bonds. The molecule has 0 radical (unpaired) electrons. The minimum Gasteiger partial charge on any atom is -0.404 e. The number of carbonyl (C=O) groups is 1. The van der Waals surface area contributed by atoms with Gasteiger partial charge in [-0.2, -0.15) is 0 Å². The minimum absolute atomic E-state index is 0.117. The zero-order valence-electron chi connectivity index (χ0n) is 9.05. The molecule has 18 heavy (non-hydrogen) atoms. The molecular formula is C11H9ClF3NO2. The molecule has 1 aliphatic rings. The molecule has 1 N–H and O–H groups in total. The van der Waals surface area contributed by atoms with Crippen LogP contribution in [0.5, 0.6) is 5.75 Å². The second-order valence-electron chi connectivity index (χ2n) is 3.94. The van der Waals surface area contributed by atoms with E-state index < -0.39 is 12.1 Å². The minimum atomic E-state index is -4.79. The zero-order valence-corrected chi connectivity index (χ0v) is 9.81. The summed E-state index contributed by atoms with van der Waals surface area (Å²) in [5.74, 6) is -0.709. The molecule has 7 heteroatoms. The van der Waals surface area contributed by atoms with E-state index in [1.54, 1.807) is 6.07 Å². The molecule has 1 aromatic carbocycles. The van der Waals surface area contributed by atoms with Gasteiger partial charge in [-0.05, 0) is 17.7 Å². The van der Waals surface area contributed by atoms with Gasteiger partial charge in [-0.25, -0.2) is 0 Å². The fraction of sp³-hybridized carbons (Fsp3) is 0.364. The Kier molecular flexibility index (Phi) is 3.38. The van der Waals surface area contributed by atoms with Crippen molar-refractivity contribution < 1.29 is 22.7 Å². The second kappa shape index (κ2) is 4.68. The number of alkyl halides is 3. The van der Waals surface area contributed by atoms with Gasteiger partial charge in [-0.1, -0.05) is 17.7 Å². The molecule has 0 bridgehead atoms. The highest BCUT2D eigenvalue weighted by molar-refractivity contribution is 6.32. The Morgan fingerprint density at radius 1 is 1.39 bits per heavy atom. The van der Waals surface area contributed by atoms with Crippen molar-refractivity contribution in [1.29, 1.82) is 0 Å². The summed E-state index contributed by atoms with van der Waals surface area (Å²) >= 11 is 5.63. The van der Waals surface area contributed by atoms with Gasteiger partial charge in [-0.15, -0.1) is 13.2 Å². The van der Waals surface area contributed by atoms with Crippen LogP contribution in [0.1, 0.15) is 17.9 Å². The van der Waals surface area contributed by atoms with Crippen molar-refractivity contribution in [3.8, 4) is 5.75 Å². The molecule has 3 nitrogen and oxygen atoms in total. The summed E-state index contributed by atoms with van der Waals surface area (Å²) in [6.07, 6.45) is -4.53. The summed E-state index contributed by atoms with van der Waals surface area (Å²) in [6.45, 7) is 0.409. The van der Waals surface area contributed by atoms with Crippen LogP contribution >= 0.6 is 11.6 Å². The average Bonchev–Trinajstić information content (AvgIpc) is 2.66. The first kappa shape index (κ1) is 13.0. The van der Waals surface area contributed by atoms with Crippen LogP contribution in [-0.4, -0.2) is 18.8 Å². The quantitative estimate of drug-likeness (QED) is 0.904. The smallest absolute Gasteiger partial charge is 0.404 e. The highest BCUT2D eigenvalue weighted by Gasteiger charge is 2.32. The van der Waals surface area contributed by atoms with Crippen LogP contribution in [0.15, 0.2) is 18.2 Å². The van der Waals surface area contributed by atoms with Gasteiger partial charge in [0.2, 0.25) is 5.91 Å². The predicted octanol–water partition coefficient (Wildman–Crippen LogP) is 2.84. The van der Waals surface area contributed by atoms with E-state index in [4.69, 9.17) is 11.6 Å². The Bertz CT molecular complexity index is 476. The lowest BCUT2D eigenvalue weighted by Gasteiger charge is -2.13. The number of carbonyl (C=O) groups excluding carboxylic acids is 1. The number of amides is 1. The van der Waals surface area contributed by atoms with E-state index >= 15 is 0 Å². The highest BCUT2D eigenvalue weighted by atomic mass is 35.5. The second-order valence-corrected chi connectivity index (χ2v) is 4.35. The molecular weight excluding hydrogens is 271 g/mol. The number of benzene rings is 1. The summed E-state index contributed by atoms with van der Waals surface area (Å²) < 4.78 is 40.3. The largest absolute Gasteiger partial charge is 0.573 e. The van der Waals surface area contributed by atoms with Crippen molar-refractivity contribution in [2.24, 2.45) is 0 Å². The first-order chi connectivity index (χ1) is 8.35. The fourth-order valence-corrected chi connectivity index (χ4v) is 1.97. The molecule has 0 aliphatic carbocycles. The number of hydrogen-bond donors (Lipinski definition) is 1. The lowest BCUT2D eigenvalue weighted by molar-refractivity contribution is -0.274. The zero-order chi connectivity index (χ0) is 13.3. The lowest BCUT2D eigenvalue weighted by atomic mass is 9.98. The van der Waals surface area contributed by atoms with Crippen molar-refractivity contribution in [2.45, 2.75) is 18.7 Å². The van der Waals surface area contributed by atoms with E-state index in [2.05, 4.69) is 10.1 Å². The lowest BCUT2D eigenvalue weighted by Crippen LogP contribution is -2.17. The third-order valence-electron chi connectivity index (χ3n) is 2.63. The third kappa shape index (κ3) is 3.07. The van der Waals surface area contributed by atoms with Crippen LogP contribution in [0.2, 0.25) is 5.02 Å². The molecule has 1 fully saturated rings. The van der Waals surface area contributed by atoms with Gasteiger partial charge in [0.1, 0.15) is 5.75 Å². The summed E-state index contributed by atoms with van der Waals surface area (Å²) in [7, 11) is 0. The monoisotopic (exact) mass is 279 g/mol. The molecule has 1 atom stereocenters. The highest BCUT2D eigenvalue weighted by Crippen LogP contribution is 2.34. The van der Waals surface area contributed by atoms with E-state index in [1.807, 2.05) is 0 Å². The van der Waals surface area contributed by atoms with Gasteiger partial charge in [0, 0.05) is 18.9 Å². The predicted molar refractivity (Wildman–Crippen MR) is 58.5 cm³/mol. The molecule has 1 aliphatic heterocycles. The molecule has 1 aromatic rings. The van der Waals surface area contributed by atoms with E-state index in [9.17, 15) is 18.0 Å². The van der Waals surface area contributed by atoms with Crippen LogP contribution in [0.4, 0.5) is 13.2 Å². The van der Waals surface area contributed by atoms with Gasteiger partial charge in [0.25, 0.3) is 0 Å². The Balaban J connectivity index is 2.23. The number of halogens is 4. The Morgan fingerprint density at radius 2 is 2.11 bits per heavy atom. The van der Waals surface area contributed by atoms with Gasteiger partial charge < -0.3 is 10.1 Å². The van der Waals surface area contributed by atoms with Crippen molar-refractivity contribution in [3.05, 3.63) is 28.8 Å². The first-order valence-corrected chi connectivity index (χ1v) is 5.55. The summed E-state index contributed by atoms with van der Waals surface area (Å²) in [4.78, 5) is 11.1. The maximum atomic E-state index is 12.1. The number of nitrogens with one attached hydrogen (secondary N) is 1. The van der Waals surface area contributed by atoms with Gasteiger partial charge in [0.15, 0.2) is 0 Å². The van der Waals surface area contributed by atoms with Crippen molar-refractivity contribution in [1.82, 2.24) is 5.32 Å². The molecule has 98 valence electrons. The molecule has 0 spiro atoms. The molecule has 1 unspecified atom stereocenters. The normalized spacial score (nSPS) is 19.8. The van der Waals surface area contributed by atoms with Gasteiger partial charge in [0.05, 0.1) is 5.02 Å². The molecule has 0 saturated carbocycles. The molecule has 1 heterocycles. The third-order valence-corrected chi connectivity index (χ3v) is 2.94. The molecule has 2 rings (SSSR count). The van der Waals surface area contributed by atoms with Gasteiger partial charge >= 0.3 is 6.36 Å². The summed E-state index contributed by atoms with van der Waals surface area (Å²) in [5, 5.41) is 2.50. The van der Waals surface area contributed by atoms with Crippen LogP contribution in [0.3, 0.4) is 0 Å². The summed E-state index contributed by atoms with van der Waals surface area (Å²) in [6, 6.07) is 4.15. The maximum Gasteiger partial charge on any atom is 0.573 e. The van der Waals surface area contributed by atoms with E-state index in [0.29, 0.717) is 12.1 Å². The fourth-order valence-electron chi connectivity index (χ4n) is 1.82. The van der Waals surface area contributed by atoms with Crippen LogP contribution in [0.25, 0.3) is 0 Å². The van der Waals surface area contributed by atoms with Crippen LogP contribution in [-0.2, 0) is 4.79 Å². The van der Waals surface area contributed by atoms with E-state index in [-0.39, 0.29) is 23.3 Å². The van der Waals surface area contributed by atoms with Crippen molar-refractivity contribution in [3.63, 3.8) is 0 Å². The maximum absolute atomic E-state index is 12.1. The van der Waals surface area contributed by atoms with E-state index in [1.165, 1.54) is 12.1 Å². The standard InChI is InChI=1S/C11H9ClF3NO2/c12-8-2-1-6(7-4-10(17)16-5-7)3-9(8)18-11(13,14)15/h1-3,7H,4-5H2,(H,16,17). The average molecular weight is 280 g/mol. The number of ether oxygens (including phenoxy) is 1. The van der Waals surface area contributed by atoms with Crippen LogP contribution < -0.4 is 10.1 Å². The topological polar surface area (TPSA) is 38.3 Å². The van der Waals surface area contributed by atoms with Crippen molar-refractivity contribution in [2.75, 3.05) is 6.54 Å². The Hall–Kier alpha value is -1.43. The molecule has 1 saturated heterocycles. The van der Waals surface area contributed by atoms with E-state index in [0.717, 1.165) is 0 Å². The SMILES string of the molecule is O=C1CC(c2ccc(Cl)c(OC(F)(F)F)c2)CN1. The molecule has 0 aromatic heterocycles. The number of rotatable bonds is 2. The van der Waals surface area contributed by atoms with Crippen LogP contribution in [0, 0.1) is 0 Å². The first-order valence-electron chi connectivity index (χ1n) is 5.17. The Labute approximate surface area is 106 Å². The summed E-state index contributed by atoms with van der Waals surface area (Å²) in [5.41, 5.74) is 0.594. The van der Waals surface area contributed by atoms with Crippen molar-refractivity contribution >= 4 is 17.5 Å². The Morgan fingerprint density at radius 3 is 2.67 bits per heavy atom.